The van der Waals surface area contributed by atoms with Crippen LogP contribution in [0.5, 0.6) is 0 Å². The molecule has 0 spiro atoms. The smallest absolute Gasteiger partial charge is 0.270 e. The second kappa shape index (κ2) is 6.07. The summed E-state index contributed by atoms with van der Waals surface area (Å²) < 4.78 is 1.79. The maximum Gasteiger partial charge on any atom is 0.270 e. The van der Waals surface area contributed by atoms with E-state index in [0.717, 1.165) is 11.3 Å². The zero-order valence-corrected chi connectivity index (χ0v) is 12.8. The average Bonchev–Trinajstić information content (AvgIpc) is 3.16. The molecular weight excluding hydrogens is 300 g/mol. The lowest BCUT2D eigenvalue weighted by molar-refractivity contribution is 0.0780. The molecule has 0 bridgehead atoms. The van der Waals surface area contributed by atoms with Gasteiger partial charge in [-0.05, 0) is 18.2 Å². The van der Waals surface area contributed by atoms with Gasteiger partial charge in [0.05, 0.1) is 16.9 Å². The SMILES string of the molecule is CN(Cc1cnn(-c2ccccc2)c1)C(=O)c1cc(Cl)c[nH]1. The summed E-state index contributed by atoms with van der Waals surface area (Å²) in [6.07, 6.45) is 5.27. The van der Waals surface area contributed by atoms with Gasteiger partial charge in [0.2, 0.25) is 0 Å². The molecule has 1 amide bonds. The van der Waals surface area contributed by atoms with Gasteiger partial charge >= 0.3 is 0 Å². The van der Waals surface area contributed by atoms with Gasteiger partial charge in [-0.15, -0.1) is 0 Å². The molecule has 0 saturated heterocycles. The first-order valence-corrected chi connectivity index (χ1v) is 7.19. The highest BCUT2D eigenvalue weighted by molar-refractivity contribution is 6.30. The Bertz CT molecular complexity index is 778. The second-order valence-corrected chi connectivity index (χ2v) is 5.46. The largest absolute Gasteiger partial charge is 0.356 e. The summed E-state index contributed by atoms with van der Waals surface area (Å²) in [4.78, 5) is 16.7. The lowest BCUT2D eigenvalue weighted by atomic mass is 10.3. The number of nitrogens with zero attached hydrogens (tertiary/aromatic N) is 3. The van der Waals surface area contributed by atoms with Gasteiger partial charge in [0.15, 0.2) is 0 Å². The molecule has 0 radical (unpaired) electrons. The minimum atomic E-state index is -0.112. The number of benzene rings is 1. The molecule has 1 N–H and O–H groups in total. The Morgan fingerprint density at radius 2 is 2.14 bits per heavy atom. The van der Waals surface area contributed by atoms with E-state index in [-0.39, 0.29) is 5.91 Å². The molecule has 0 fully saturated rings. The molecule has 2 heterocycles. The highest BCUT2D eigenvalue weighted by Crippen LogP contribution is 2.13. The number of aromatic amines is 1. The molecule has 3 aromatic rings. The highest BCUT2D eigenvalue weighted by atomic mass is 35.5. The summed E-state index contributed by atoms with van der Waals surface area (Å²) in [5, 5.41) is 4.85. The van der Waals surface area contributed by atoms with Crippen molar-refractivity contribution in [2.45, 2.75) is 6.54 Å². The van der Waals surface area contributed by atoms with E-state index in [0.29, 0.717) is 17.3 Å². The molecule has 3 rings (SSSR count). The zero-order valence-electron chi connectivity index (χ0n) is 12.0. The standard InChI is InChI=1S/C16H15ClN4O/c1-20(16(22)15-7-13(17)9-18-15)10-12-8-19-21(11-12)14-5-3-2-4-6-14/h2-9,11,18H,10H2,1H3. The highest BCUT2D eigenvalue weighted by Gasteiger charge is 2.14. The van der Waals surface area contributed by atoms with Crippen LogP contribution in [0.25, 0.3) is 5.69 Å². The Morgan fingerprint density at radius 1 is 1.36 bits per heavy atom. The van der Waals surface area contributed by atoms with Gasteiger partial charge in [0, 0.05) is 31.5 Å². The van der Waals surface area contributed by atoms with Gasteiger partial charge in [-0.3, -0.25) is 4.79 Å². The predicted molar refractivity (Wildman–Crippen MR) is 85.2 cm³/mol. The number of rotatable bonds is 4. The van der Waals surface area contributed by atoms with Crippen LogP contribution in [0.1, 0.15) is 16.1 Å². The van der Waals surface area contributed by atoms with Crippen molar-refractivity contribution in [3.8, 4) is 5.69 Å². The van der Waals surface area contributed by atoms with Crippen molar-refractivity contribution in [1.82, 2.24) is 19.7 Å². The number of para-hydroxylation sites is 1. The number of aromatic nitrogens is 3. The Balaban J connectivity index is 1.71. The molecule has 22 heavy (non-hydrogen) atoms. The number of carbonyl (C=O) groups is 1. The summed E-state index contributed by atoms with van der Waals surface area (Å²) in [5.41, 5.74) is 2.42. The lowest BCUT2D eigenvalue weighted by Gasteiger charge is -2.15. The van der Waals surface area contributed by atoms with Crippen LogP contribution in [0, 0.1) is 0 Å². The fraction of sp³-hybridized carbons (Fsp3) is 0.125. The van der Waals surface area contributed by atoms with Crippen molar-refractivity contribution < 1.29 is 4.79 Å². The molecule has 2 aromatic heterocycles. The van der Waals surface area contributed by atoms with Crippen LogP contribution in [-0.4, -0.2) is 32.6 Å². The number of hydrogen-bond acceptors (Lipinski definition) is 2. The third kappa shape index (κ3) is 3.04. The van der Waals surface area contributed by atoms with Crippen LogP contribution >= 0.6 is 11.6 Å². The van der Waals surface area contributed by atoms with Gasteiger partial charge in [0.25, 0.3) is 5.91 Å². The minimum Gasteiger partial charge on any atom is -0.356 e. The summed E-state index contributed by atoms with van der Waals surface area (Å²) in [5.74, 6) is -0.112. The van der Waals surface area contributed by atoms with Crippen LogP contribution in [0.15, 0.2) is 55.0 Å². The fourth-order valence-electron chi connectivity index (χ4n) is 2.21. The monoisotopic (exact) mass is 314 g/mol. The molecular formula is C16H15ClN4O. The topological polar surface area (TPSA) is 53.9 Å². The molecule has 0 atom stereocenters. The summed E-state index contributed by atoms with van der Waals surface area (Å²) in [6.45, 7) is 0.475. The molecule has 1 aromatic carbocycles. The maximum atomic E-state index is 12.2. The number of nitrogens with one attached hydrogen (secondary N) is 1. The molecule has 0 aliphatic heterocycles. The average molecular weight is 315 g/mol. The summed E-state index contributed by atoms with van der Waals surface area (Å²) >= 11 is 5.83. The van der Waals surface area contributed by atoms with Crippen molar-refractivity contribution >= 4 is 17.5 Å². The van der Waals surface area contributed by atoms with Crippen LogP contribution in [-0.2, 0) is 6.54 Å². The van der Waals surface area contributed by atoms with E-state index >= 15 is 0 Å². The predicted octanol–water partition coefficient (Wildman–Crippen LogP) is 3.13. The van der Waals surface area contributed by atoms with Crippen LogP contribution in [0.4, 0.5) is 0 Å². The Hall–Kier alpha value is -2.53. The van der Waals surface area contributed by atoms with Crippen molar-refractivity contribution in [3.05, 3.63) is 71.3 Å². The fourth-order valence-corrected chi connectivity index (χ4v) is 2.37. The minimum absolute atomic E-state index is 0.112. The van der Waals surface area contributed by atoms with Gasteiger partial charge < -0.3 is 9.88 Å². The van der Waals surface area contributed by atoms with Crippen molar-refractivity contribution in [1.29, 1.82) is 0 Å². The Labute approximate surface area is 133 Å². The summed E-state index contributed by atoms with van der Waals surface area (Å²) in [6, 6.07) is 11.5. The van der Waals surface area contributed by atoms with Crippen LogP contribution < -0.4 is 0 Å². The molecule has 112 valence electrons. The van der Waals surface area contributed by atoms with E-state index in [1.807, 2.05) is 36.5 Å². The first-order chi connectivity index (χ1) is 10.6. The lowest BCUT2D eigenvalue weighted by Crippen LogP contribution is -2.26. The maximum absolute atomic E-state index is 12.2. The molecule has 0 saturated carbocycles. The zero-order chi connectivity index (χ0) is 15.5. The van der Waals surface area contributed by atoms with Gasteiger partial charge in [0.1, 0.15) is 5.69 Å². The van der Waals surface area contributed by atoms with E-state index in [2.05, 4.69) is 10.1 Å². The third-order valence-electron chi connectivity index (χ3n) is 3.30. The first-order valence-electron chi connectivity index (χ1n) is 6.82. The molecule has 0 aliphatic carbocycles. The quantitative estimate of drug-likeness (QED) is 0.804. The van der Waals surface area contributed by atoms with Gasteiger partial charge in [-0.25, -0.2) is 4.68 Å². The van der Waals surface area contributed by atoms with Crippen molar-refractivity contribution in [2.75, 3.05) is 7.05 Å². The van der Waals surface area contributed by atoms with E-state index in [4.69, 9.17) is 11.6 Å². The number of hydrogen-bond donors (Lipinski definition) is 1. The number of carbonyl (C=O) groups excluding carboxylic acids is 1. The van der Waals surface area contributed by atoms with E-state index in [1.165, 1.54) is 0 Å². The van der Waals surface area contributed by atoms with Crippen LogP contribution in [0.2, 0.25) is 5.02 Å². The van der Waals surface area contributed by atoms with Crippen molar-refractivity contribution in [3.63, 3.8) is 0 Å². The second-order valence-electron chi connectivity index (χ2n) is 5.02. The molecule has 0 unspecified atom stereocenters. The van der Waals surface area contributed by atoms with Crippen molar-refractivity contribution in [2.24, 2.45) is 0 Å². The van der Waals surface area contributed by atoms with E-state index in [9.17, 15) is 4.79 Å². The summed E-state index contributed by atoms with van der Waals surface area (Å²) in [7, 11) is 1.75. The Kier molecular flexibility index (Phi) is 3.98. The molecule has 0 aliphatic rings. The normalized spacial score (nSPS) is 10.6. The van der Waals surface area contributed by atoms with Gasteiger partial charge in [-0.2, -0.15) is 5.10 Å². The molecule has 5 nitrogen and oxygen atoms in total. The van der Waals surface area contributed by atoms with E-state index in [1.54, 1.807) is 35.1 Å². The number of halogens is 1. The number of amides is 1. The van der Waals surface area contributed by atoms with E-state index < -0.39 is 0 Å². The van der Waals surface area contributed by atoms with Gasteiger partial charge in [-0.1, -0.05) is 29.8 Å². The third-order valence-corrected chi connectivity index (χ3v) is 3.52. The Morgan fingerprint density at radius 3 is 2.82 bits per heavy atom. The number of H-pyrrole nitrogens is 1. The van der Waals surface area contributed by atoms with Crippen LogP contribution in [0.3, 0.4) is 0 Å². The first kappa shape index (κ1) is 14.4. The molecule has 6 heteroatoms.